The largest absolute Gasteiger partial charge is 0.497 e. The van der Waals surface area contributed by atoms with E-state index in [-0.39, 0.29) is 11.8 Å². The molecule has 76 valence electrons. The Bertz CT molecular complexity index is 319. The molecule has 0 radical (unpaired) electrons. The van der Waals surface area contributed by atoms with Crippen LogP contribution in [0, 0.1) is 0 Å². The van der Waals surface area contributed by atoms with Gasteiger partial charge in [0.05, 0.1) is 18.7 Å². The Morgan fingerprint density at radius 3 is 2.86 bits per heavy atom. The zero-order valence-electron chi connectivity index (χ0n) is 8.00. The quantitative estimate of drug-likeness (QED) is 0.781. The third kappa shape index (κ3) is 2.88. The first-order valence-electron chi connectivity index (χ1n) is 4.04. The average Bonchev–Trinajstić information content (AvgIpc) is 2.16. The van der Waals surface area contributed by atoms with Crippen LogP contribution < -0.4 is 10.1 Å². The number of carbonyl (C=O) groups is 1. The van der Waals surface area contributed by atoms with Crippen molar-refractivity contribution in [2.45, 2.75) is 12.8 Å². The highest BCUT2D eigenvalue weighted by Gasteiger charge is 2.03. The van der Waals surface area contributed by atoms with Crippen LogP contribution in [0.25, 0.3) is 0 Å². The molecular weight excluding hydrogens is 204 g/mol. The lowest BCUT2D eigenvalue weighted by molar-refractivity contribution is -0.114. The Hall–Kier alpha value is -1.29. The van der Waals surface area contributed by atoms with Gasteiger partial charge in [-0.25, -0.2) is 4.98 Å². The normalized spacial score (nSPS) is 9.64. The van der Waals surface area contributed by atoms with Crippen molar-refractivity contribution in [3.8, 4) is 5.75 Å². The molecule has 0 saturated carbocycles. The Labute approximate surface area is 87.2 Å². The van der Waals surface area contributed by atoms with Crippen LogP contribution in [0.2, 0.25) is 0 Å². The van der Waals surface area contributed by atoms with Gasteiger partial charge in [-0.15, -0.1) is 11.6 Å². The summed E-state index contributed by atoms with van der Waals surface area (Å²) < 4.78 is 5.03. The molecule has 5 heteroatoms. The molecule has 0 aromatic carbocycles. The SMILES string of the molecule is COc1cc(CCl)nc(NC(C)=O)c1. The Balaban J connectivity index is 2.98. The molecule has 1 amide bonds. The maximum atomic E-state index is 10.8. The zero-order valence-corrected chi connectivity index (χ0v) is 8.76. The van der Waals surface area contributed by atoms with Crippen molar-refractivity contribution in [3.63, 3.8) is 0 Å². The van der Waals surface area contributed by atoms with Crippen molar-refractivity contribution in [2.75, 3.05) is 12.4 Å². The summed E-state index contributed by atoms with van der Waals surface area (Å²) in [5, 5.41) is 2.57. The summed E-state index contributed by atoms with van der Waals surface area (Å²) in [5.41, 5.74) is 0.662. The number of alkyl halides is 1. The van der Waals surface area contributed by atoms with Crippen LogP contribution in [-0.2, 0) is 10.7 Å². The fourth-order valence-corrected chi connectivity index (χ4v) is 1.13. The molecule has 0 aliphatic carbocycles. The fraction of sp³-hybridized carbons (Fsp3) is 0.333. The van der Waals surface area contributed by atoms with Crippen LogP contribution in [0.15, 0.2) is 12.1 Å². The zero-order chi connectivity index (χ0) is 10.6. The van der Waals surface area contributed by atoms with E-state index in [1.165, 1.54) is 6.92 Å². The van der Waals surface area contributed by atoms with Gasteiger partial charge in [0.15, 0.2) is 0 Å². The highest BCUT2D eigenvalue weighted by Crippen LogP contribution is 2.18. The van der Waals surface area contributed by atoms with E-state index < -0.39 is 0 Å². The van der Waals surface area contributed by atoms with Crippen LogP contribution in [-0.4, -0.2) is 18.0 Å². The monoisotopic (exact) mass is 214 g/mol. The number of nitrogens with zero attached hydrogens (tertiary/aromatic N) is 1. The molecule has 1 aromatic rings. The van der Waals surface area contributed by atoms with Gasteiger partial charge in [-0.2, -0.15) is 0 Å². The highest BCUT2D eigenvalue weighted by atomic mass is 35.5. The molecule has 1 rings (SSSR count). The second-order valence-electron chi connectivity index (χ2n) is 2.70. The van der Waals surface area contributed by atoms with Crippen molar-refractivity contribution in [2.24, 2.45) is 0 Å². The molecule has 0 fully saturated rings. The van der Waals surface area contributed by atoms with Gasteiger partial charge in [0.2, 0.25) is 5.91 Å². The first kappa shape index (κ1) is 10.8. The van der Waals surface area contributed by atoms with Gasteiger partial charge >= 0.3 is 0 Å². The molecule has 1 N–H and O–H groups in total. The first-order chi connectivity index (χ1) is 6.65. The van der Waals surface area contributed by atoms with E-state index in [4.69, 9.17) is 16.3 Å². The molecule has 0 saturated heterocycles. The number of halogens is 1. The van der Waals surface area contributed by atoms with E-state index in [0.717, 1.165) is 0 Å². The number of amides is 1. The van der Waals surface area contributed by atoms with Gasteiger partial charge in [-0.3, -0.25) is 4.79 Å². The predicted octanol–water partition coefficient (Wildman–Crippen LogP) is 1.79. The molecule has 0 unspecified atom stereocenters. The van der Waals surface area contributed by atoms with E-state index in [2.05, 4.69) is 10.3 Å². The van der Waals surface area contributed by atoms with E-state index in [1.54, 1.807) is 19.2 Å². The van der Waals surface area contributed by atoms with E-state index in [9.17, 15) is 4.79 Å². The predicted molar refractivity (Wildman–Crippen MR) is 54.6 cm³/mol. The van der Waals surface area contributed by atoms with E-state index in [1.807, 2.05) is 0 Å². The second kappa shape index (κ2) is 4.81. The van der Waals surface area contributed by atoms with Gasteiger partial charge in [0.25, 0.3) is 0 Å². The number of rotatable bonds is 3. The van der Waals surface area contributed by atoms with Gasteiger partial charge in [0.1, 0.15) is 11.6 Å². The van der Waals surface area contributed by atoms with Crippen molar-refractivity contribution >= 4 is 23.3 Å². The van der Waals surface area contributed by atoms with Crippen LogP contribution in [0.4, 0.5) is 5.82 Å². The molecule has 14 heavy (non-hydrogen) atoms. The lowest BCUT2D eigenvalue weighted by atomic mass is 10.3. The number of methoxy groups -OCH3 is 1. The summed E-state index contributed by atoms with van der Waals surface area (Å²) in [6.07, 6.45) is 0. The third-order valence-electron chi connectivity index (χ3n) is 1.53. The van der Waals surface area contributed by atoms with Gasteiger partial charge < -0.3 is 10.1 Å². The molecule has 0 atom stereocenters. The summed E-state index contributed by atoms with van der Waals surface area (Å²) in [7, 11) is 1.55. The van der Waals surface area contributed by atoms with Crippen molar-refractivity contribution in [1.82, 2.24) is 4.98 Å². The van der Waals surface area contributed by atoms with Crippen LogP contribution in [0.3, 0.4) is 0 Å². The van der Waals surface area contributed by atoms with Crippen molar-refractivity contribution in [1.29, 1.82) is 0 Å². The van der Waals surface area contributed by atoms with Crippen molar-refractivity contribution in [3.05, 3.63) is 17.8 Å². The Morgan fingerprint density at radius 2 is 2.36 bits per heavy atom. The average molecular weight is 215 g/mol. The molecule has 0 bridgehead atoms. The number of hydrogen-bond acceptors (Lipinski definition) is 3. The van der Waals surface area contributed by atoms with Crippen LogP contribution in [0.1, 0.15) is 12.6 Å². The van der Waals surface area contributed by atoms with Gasteiger partial charge in [-0.1, -0.05) is 0 Å². The molecule has 0 aliphatic rings. The number of pyridine rings is 1. The molecule has 0 aliphatic heterocycles. The number of hydrogen-bond donors (Lipinski definition) is 1. The minimum absolute atomic E-state index is 0.175. The standard InChI is InChI=1S/C9H11ClN2O2/c1-6(13)11-9-4-8(14-2)3-7(5-10)12-9/h3-4H,5H2,1-2H3,(H,11,12,13). The maximum Gasteiger partial charge on any atom is 0.222 e. The van der Waals surface area contributed by atoms with E-state index in [0.29, 0.717) is 17.3 Å². The molecule has 1 heterocycles. The Morgan fingerprint density at radius 1 is 1.64 bits per heavy atom. The number of aromatic nitrogens is 1. The van der Waals surface area contributed by atoms with E-state index >= 15 is 0 Å². The Kier molecular flexibility index (Phi) is 3.71. The third-order valence-corrected chi connectivity index (χ3v) is 1.80. The smallest absolute Gasteiger partial charge is 0.222 e. The number of anilines is 1. The number of carbonyl (C=O) groups excluding carboxylic acids is 1. The lowest BCUT2D eigenvalue weighted by Crippen LogP contribution is -2.08. The summed E-state index contributed by atoms with van der Waals surface area (Å²) in [5.74, 6) is 1.18. The minimum atomic E-state index is -0.175. The maximum absolute atomic E-state index is 10.8. The molecule has 4 nitrogen and oxygen atoms in total. The molecule has 1 aromatic heterocycles. The molecular formula is C9H11ClN2O2. The van der Waals surface area contributed by atoms with Crippen LogP contribution in [0.5, 0.6) is 5.75 Å². The fourth-order valence-electron chi connectivity index (χ4n) is 0.991. The summed E-state index contributed by atoms with van der Waals surface area (Å²) >= 11 is 5.63. The summed E-state index contributed by atoms with van der Waals surface area (Å²) in [4.78, 5) is 14.9. The number of ether oxygens (including phenoxy) is 1. The summed E-state index contributed by atoms with van der Waals surface area (Å²) in [6.45, 7) is 1.42. The van der Waals surface area contributed by atoms with Crippen molar-refractivity contribution < 1.29 is 9.53 Å². The van der Waals surface area contributed by atoms with Gasteiger partial charge in [0, 0.05) is 19.1 Å². The summed E-state index contributed by atoms with van der Waals surface area (Å²) in [6, 6.07) is 3.36. The van der Waals surface area contributed by atoms with Crippen LogP contribution >= 0.6 is 11.6 Å². The molecule has 0 spiro atoms. The minimum Gasteiger partial charge on any atom is -0.497 e. The first-order valence-corrected chi connectivity index (χ1v) is 4.57. The highest BCUT2D eigenvalue weighted by molar-refractivity contribution is 6.16. The van der Waals surface area contributed by atoms with Gasteiger partial charge in [-0.05, 0) is 0 Å². The second-order valence-corrected chi connectivity index (χ2v) is 2.97. The lowest BCUT2D eigenvalue weighted by Gasteiger charge is -2.06. The number of nitrogens with one attached hydrogen (secondary N) is 1. The topological polar surface area (TPSA) is 51.2 Å².